The number of urea groups is 1. The Kier molecular flexibility index (Phi) is 5.33. The van der Waals surface area contributed by atoms with Crippen LogP contribution >= 0.6 is 23.2 Å². The summed E-state index contributed by atoms with van der Waals surface area (Å²) in [6, 6.07) is 24.2. The van der Waals surface area contributed by atoms with E-state index in [0.29, 0.717) is 16.6 Å². The van der Waals surface area contributed by atoms with Crippen molar-refractivity contribution in [1.29, 1.82) is 0 Å². The lowest BCUT2D eigenvalue weighted by Gasteiger charge is -2.16. The van der Waals surface area contributed by atoms with Crippen molar-refractivity contribution in [3.63, 3.8) is 0 Å². The molecule has 0 aliphatic carbocycles. The lowest BCUT2D eigenvalue weighted by atomic mass is 9.91. The van der Waals surface area contributed by atoms with E-state index in [9.17, 15) is 4.79 Å². The van der Waals surface area contributed by atoms with Gasteiger partial charge in [-0.3, -0.25) is 0 Å². The first-order valence-corrected chi connectivity index (χ1v) is 9.59. The lowest BCUT2D eigenvalue weighted by Crippen LogP contribution is -2.30. The third-order valence-corrected chi connectivity index (χ3v) is 5.09. The average Bonchev–Trinajstić information content (AvgIpc) is 3.15. The zero-order chi connectivity index (χ0) is 19.5. The van der Waals surface area contributed by atoms with Crippen molar-refractivity contribution >= 4 is 40.6 Å². The molecule has 6 heteroatoms. The summed E-state index contributed by atoms with van der Waals surface area (Å²) in [5.41, 5.74) is 3.53. The fourth-order valence-corrected chi connectivity index (χ4v) is 3.43. The number of para-hydroxylation sites is 1. The number of carbonyl (C=O) groups excluding carboxylic acids is 1. The van der Waals surface area contributed by atoms with Gasteiger partial charge in [0, 0.05) is 21.7 Å². The standard InChI is InChI=1S/C22H17Cl2N3O/c23-17-10-6-15(7-11-17)20-14-27(22(28)25-19-4-2-1-3-5-19)26-21(20)16-8-12-18(24)13-9-16/h1-13,20H,14H2,(H,25,28)/t20-/m1/s1. The van der Waals surface area contributed by atoms with Gasteiger partial charge in [0.25, 0.3) is 0 Å². The van der Waals surface area contributed by atoms with E-state index >= 15 is 0 Å². The van der Waals surface area contributed by atoms with E-state index < -0.39 is 0 Å². The van der Waals surface area contributed by atoms with E-state index in [1.165, 1.54) is 5.01 Å². The molecule has 0 unspecified atom stereocenters. The number of carbonyl (C=O) groups is 1. The highest BCUT2D eigenvalue weighted by Gasteiger charge is 2.32. The quantitative estimate of drug-likeness (QED) is 0.563. The molecule has 1 aliphatic rings. The van der Waals surface area contributed by atoms with Crippen LogP contribution in [0.4, 0.5) is 10.5 Å². The maximum absolute atomic E-state index is 12.7. The molecule has 140 valence electrons. The SMILES string of the molecule is O=C(Nc1ccccc1)N1C[C@H](c2ccc(Cl)cc2)C(c2ccc(Cl)cc2)=N1. The Hall–Kier alpha value is -2.82. The van der Waals surface area contributed by atoms with Gasteiger partial charge in [-0.25, -0.2) is 9.80 Å². The third kappa shape index (κ3) is 4.03. The van der Waals surface area contributed by atoms with E-state index in [1.54, 1.807) is 0 Å². The van der Waals surface area contributed by atoms with E-state index in [2.05, 4.69) is 10.4 Å². The Morgan fingerprint density at radius 2 is 1.50 bits per heavy atom. The number of amides is 2. The number of nitrogens with zero attached hydrogens (tertiary/aromatic N) is 2. The molecule has 4 rings (SSSR count). The number of anilines is 1. The minimum Gasteiger partial charge on any atom is -0.306 e. The van der Waals surface area contributed by atoms with Crippen molar-refractivity contribution < 1.29 is 4.79 Å². The molecule has 0 bridgehead atoms. The predicted octanol–water partition coefficient (Wildman–Crippen LogP) is 6.03. The molecule has 1 atom stereocenters. The molecule has 0 saturated carbocycles. The van der Waals surface area contributed by atoms with Crippen LogP contribution in [-0.2, 0) is 0 Å². The van der Waals surface area contributed by atoms with Crippen LogP contribution in [0, 0.1) is 0 Å². The minimum absolute atomic E-state index is 0.0556. The summed E-state index contributed by atoms with van der Waals surface area (Å²) in [6.07, 6.45) is 0. The first-order valence-electron chi connectivity index (χ1n) is 8.83. The number of nitrogens with one attached hydrogen (secondary N) is 1. The largest absolute Gasteiger partial charge is 0.342 e. The summed E-state index contributed by atoms with van der Waals surface area (Å²) >= 11 is 12.1. The van der Waals surface area contributed by atoms with Crippen LogP contribution in [0.3, 0.4) is 0 Å². The first-order chi connectivity index (χ1) is 13.6. The number of hydrogen-bond acceptors (Lipinski definition) is 2. The summed E-state index contributed by atoms with van der Waals surface area (Å²) in [7, 11) is 0. The van der Waals surface area contributed by atoms with Crippen LogP contribution in [0.15, 0.2) is 84.0 Å². The highest BCUT2D eigenvalue weighted by atomic mass is 35.5. The molecule has 0 spiro atoms. The number of benzene rings is 3. The highest BCUT2D eigenvalue weighted by Crippen LogP contribution is 2.30. The third-order valence-electron chi connectivity index (χ3n) is 4.59. The Morgan fingerprint density at radius 3 is 2.14 bits per heavy atom. The molecule has 0 saturated heterocycles. The molecule has 0 fully saturated rings. The Labute approximate surface area is 173 Å². The van der Waals surface area contributed by atoms with E-state index in [1.807, 2.05) is 78.9 Å². The second-order valence-electron chi connectivity index (χ2n) is 6.47. The maximum Gasteiger partial charge on any atom is 0.342 e. The molecule has 3 aromatic rings. The summed E-state index contributed by atoms with van der Waals surface area (Å²) in [5.74, 6) is -0.0556. The van der Waals surface area contributed by atoms with Gasteiger partial charge in [-0.2, -0.15) is 5.10 Å². The fourth-order valence-electron chi connectivity index (χ4n) is 3.18. The zero-order valence-corrected chi connectivity index (χ0v) is 16.4. The van der Waals surface area contributed by atoms with Crippen LogP contribution in [0.2, 0.25) is 10.0 Å². The molecule has 1 aliphatic heterocycles. The smallest absolute Gasteiger partial charge is 0.306 e. The molecule has 28 heavy (non-hydrogen) atoms. The average molecular weight is 410 g/mol. The molecule has 3 aromatic carbocycles. The minimum atomic E-state index is -0.269. The summed E-state index contributed by atoms with van der Waals surface area (Å²) in [4.78, 5) is 12.7. The Balaban J connectivity index is 1.64. The Morgan fingerprint density at radius 1 is 0.893 bits per heavy atom. The van der Waals surface area contributed by atoms with Crippen LogP contribution in [0.5, 0.6) is 0 Å². The predicted molar refractivity (Wildman–Crippen MR) is 114 cm³/mol. The highest BCUT2D eigenvalue weighted by molar-refractivity contribution is 6.31. The fraction of sp³-hybridized carbons (Fsp3) is 0.0909. The number of hydrogen-bond donors (Lipinski definition) is 1. The normalized spacial score (nSPS) is 16.0. The monoisotopic (exact) mass is 409 g/mol. The van der Waals surface area contributed by atoms with Crippen molar-refractivity contribution in [1.82, 2.24) is 5.01 Å². The molecule has 0 aromatic heterocycles. The van der Waals surface area contributed by atoms with Crippen molar-refractivity contribution in [2.45, 2.75) is 5.92 Å². The molecule has 4 nitrogen and oxygen atoms in total. The number of halogens is 2. The van der Waals surface area contributed by atoms with Gasteiger partial charge >= 0.3 is 6.03 Å². The van der Waals surface area contributed by atoms with E-state index in [-0.39, 0.29) is 11.9 Å². The van der Waals surface area contributed by atoms with Crippen LogP contribution in [0.25, 0.3) is 0 Å². The van der Waals surface area contributed by atoms with Gasteiger partial charge in [0.05, 0.1) is 12.3 Å². The van der Waals surface area contributed by atoms with Gasteiger partial charge in [-0.1, -0.05) is 65.7 Å². The van der Waals surface area contributed by atoms with E-state index in [4.69, 9.17) is 23.2 Å². The molecule has 1 N–H and O–H groups in total. The van der Waals surface area contributed by atoms with Crippen molar-refractivity contribution in [2.75, 3.05) is 11.9 Å². The summed E-state index contributed by atoms with van der Waals surface area (Å²) in [5, 5.41) is 10.3. The number of hydrazone groups is 1. The topological polar surface area (TPSA) is 44.7 Å². The zero-order valence-electron chi connectivity index (χ0n) is 14.8. The van der Waals surface area contributed by atoms with Gasteiger partial charge in [-0.15, -0.1) is 0 Å². The van der Waals surface area contributed by atoms with Gasteiger partial charge in [0.15, 0.2) is 0 Å². The number of rotatable bonds is 3. The summed E-state index contributed by atoms with van der Waals surface area (Å²) in [6.45, 7) is 0.443. The molecular weight excluding hydrogens is 393 g/mol. The van der Waals surface area contributed by atoms with Crippen LogP contribution < -0.4 is 5.32 Å². The summed E-state index contributed by atoms with van der Waals surface area (Å²) < 4.78 is 0. The first kappa shape index (κ1) is 18.5. The molecule has 2 amide bonds. The maximum atomic E-state index is 12.7. The second kappa shape index (κ2) is 8.05. The molecular formula is C22H17Cl2N3O. The van der Waals surface area contributed by atoms with Crippen LogP contribution in [0.1, 0.15) is 17.0 Å². The van der Waals surface area contributed by atoms with Gasteiger partial charge in [0.2, 0.25) is 0 Å². The van der Waals surface area contributed by atoms with Gasteiger partial charge in [0.1, 0.15) is 0 Å². The van der Waals surface area contributed by atoms with Crippen molar-refractivity contribution in [3.8, 4) is 0 Å². The van der Waals surface area contributed by atoms with Crippen molar-refractivity contribution in [3.05, 3.63) is 100 Å². The van der Waals surface area contributed by atoms with Crippen LogP contribution in [-0.4, -0.2) is 23.3 Å². The van der Waals surface area contributed by atoms with Crippen molar-refractivity contribution in [2.24, 2.45) is 5.10 Å². The van der Waals surface area contributed by atoms with Gasteiger partial charge < -0.3 is 5.32 Å². The second-order valence-corrected chi connectivity index (χ2v) is 7.35. The molecule has 0 radical (unpaired) electrons. The lowest BCUT2D eigenvalue weighted by molar-refractivity contribution is 0.218. The molecule has 1 heterocycles. The van der Waals surface area contributed by atoms with E-state index in [0.717, 1.165) is 22.5 Å². The Bertz CT molecular complexity index is 1000. The van der Waals surface area contributed by atoms with Gasteiger partial charge in [-0.05, 0) is 47.5 Å².